The van der Waals surface area contributed by atoms with Gasteiger partial charge >= 0.3 is 6.18 Å². The molecule has 188 valence electrons. The Morgan fingerprint density at radius 1 is 1.17 bits per heavy atom. The molecule has 1 amide bonds. The Kier molecular flexibility index (Phi) is 7.07. The van der Waals surface area contributed by atoms with E-state index in [2.05, 4.69) is 14.7 Å². The number of benzene rings is 1. The Morgan fingerprint density at radius 2 is 1.94 bits per heavy atom. The van der Waals surface area contributed by atoms with Crippen molar-refractivity contribution in [3.05, 3.63) is 71.8 Å². The van der Waals surface area contributed by atoms with Crippen LogP contribution in [0, 0.1) is 11.7 Å². The van der Waals surface area contributed by atoms with Crippen LogP contribution in [0.25, 0.3) is 16.9 Å². The number of nitrogens with two attached hydrogens (primary N) is 1. The van der Waals surface area contributed by atoms with Gasteiger partial charge in [0.05, 0.1) is 17.9 Å². The van der Waals surface area contributed by atoms with Gasteiger partial charge in [0, 0.05) is 29.8 Å². The lowest BCUT2D eigenvalue weighted by Crippen LogP contribution is -2.17. The average molecular weight is 520 g/mol. The molecule has 4 aromatic rings. The van der Waals surface area contributed by atoms with Gasteiger partial charge in [0.25, 0.3) is 5.91 Å². The number of fused-ring (bicyclic) bond motifs is 1. The highest BCUT2D eigenvalue weighted by Gasteiger charge is 2.35. The first-order chi connectivity index (χ1) is 17.0. The van der Waals surface area contributed by atoms with Crippen LogP contribution in [0.4, 0.5) is 23.4 Å². The fourth-order valence-corrected chi connectivity index (χ4v) is 3.92. The highest BCUT2D eigenvalue weighted by atomic mass is 32.2. The number of aromatic nitrogens is 3. The molecule has 1 aromatic carbocycles. The van der Waals surface area contributed by atoms with Gasteiger partial charge in [0.2, 0.25) is 0 Å². The number of nitrogens with zero attached hydrogens (tertiary/aromatic N) is 3. The van der Waals surface area contributed by atoms with Crippen molar-refractivity contribution in [3.8, 4) is 17.0 Å². The van der Waals surface area contributed by atoms with E-state index in [0.717, 1.165) is 22.5 Å². The molecule has 0 aliphatic heterocycles. The molecule has 0 saturated carbocycles. The summed E-state index contributed by atoms with van der Waals surface area (Å²) in [5.74, 6) is -0.653. The molecule has 0 aliphatic carbocycles. The fourth-order valence-electron chi connectivity index (χ4n) is 3.32. The molecule has 12 heteroatoms. The van der Waals surface area contributed by atoms with Crippen LogP contribution in [0.15, 0.2) is 59.8 Å². The maximum absolute atomic E-state index is 14.4. The van der Waals surface area contributed by atoms with Crippen molar-refractivity contribution < 1.29 is 27.1 Å². The monoisotopic (exact) mass is 519 g/mol. The topological polar surface area (TPSA) is 94.5 Å². The van der Waals surface area contributed by atoms with Crippen LogP contribution in [0.1, 0.15) is 29.9 Å². The number of carbonyl (C=O) groups excluding carboxylic acids is 1. The molecule has 0 radical (unpaired) electrons. The molecule has 36 heavy (non-hydrogen) atoms. The molecule has 0 aliphatic rings. The minimum absolute atomic E-state index is 0.113. The molecular weight excluding hydrogens is 498 g/mol. The summed E-state index contributed by atoms with van der Waals surface area (Å²) >= 11 is 0.855. The Labute approximate surface area is 207 Å². The third kappa shape index (κ3) is 5.70. The number of carbonyl (C=O) groups is 1. The summed E-state index contributed by atoms with van der Waals surface area (Å²) in [5.41, 5.74) is 4.54. The third-order valence-electron chi connectivity index (χ3n) is 4.89. The van der Waals surface area contributed by atoms with Gasteiger partial charge in [0.15, 0.2) is 11.3 Å². The molecule has 3 N–H and O–H groups in total. The normalized spacial score (nSPS) is 11.8. The van der Waals surface area contributed by atoms with Crippen LogP contribution in [0.5, 0.6) is 5.75 Å². The van der Waals surface area contributed by atoms with E-state index in [1.54, 1.807) is 18.2 Å². The molecule has 0 atom stereocenters. The lowest BCUT2D eigenvalue weighted by Gasteiger charge is -2.13. The van der Waals surface area contributed by atoms with E-state index in [0.29, 0.717) is 11.6 Å². The number of alkyl halides is 3. The van der Waals surface area contributed by atoms with Gasteiger partial charge in [-0.25, -0.2) is 14.4 Å². The number of rotatable bonds is 7. The number of nitrogens with one attached hydrogen (secondary N) is 1. The zero-order valence-corrected chi connectivity index (χ0v) is 20.0. The second-order valence-electron chi connectivity index (χ2n) is 8.26. The number of amides is 1. The Hall–Kier alpha value is -3.80. The van der Waals surface area contributed by atoms with Crippen molar-refractivity contribution in [1.29, 1.82) is 0 Å². The summed E-state index contributed by atoms with van der Waals surface area (Å²) in [4.78, 5) is 20.6. The van der Waals surface area contributed by atoms with E-state index < -0.39 is 23.6 Å². The predicted molar refractivity (Wildman–Crippen MR) is 128 cm³/mol. The maximum Gasteiger partial charge on any atom is 0.434 e. The van der Waals surface area contributed by atoms with Crippen molar-refractivity contribution in [2.45, 2.75) is 25.0 Å². The van der Waals surface area contributed by atoms with Crippen molar-refractivity contribution in [1.82, 2.24) is 19.1 Å². The maximum atomic E-state index is 14.4. The number of hydrogen-bond donors (Lipinski definition) is 2. The lowest BCUT2D eigenvalue weighted by atomic mass is 10.1. The van der Waals surface area contributed by atoms with E-state index in [-0.39, 0.29) is 40.0 Å². The summed E-state index contributed by atoms with van der Waals surface area (Å²) in [6, 6.07) is 11.5. The molecule has 7 nitrogen and oxygen atoms in total. The highest BCUT2D eigenvalue weighted by molar-refractivity contribution is 7.97. The van der Waals surface area contributed by atoms with Crippen LogP contribution in [0.3, 0.4) is 0 Å². The molecule has 0 bridgehead atoms. The Bertz CT molecular complexity index is 1420. The van der Waals surface area contributed by atoms with E-state index in [1.807, 2.05) is 13.8 Å². The van der Waals surface area contributed by atoms with Crippen LogP contribution in [0.2, 0.25) is 0 Å². The quantitative estimate of drug-likeness (QED) is 0.244. The summed E-state index contributed by atoms with van der Waals surface area (Å²) in [7, 11) is 0. The lowest BCUT2D eigenvalue weighted by molar-refractivity contribution is -0.140. The highest BCUT2D eigenvalue weighted by Crippen LogP contribution is 2.33. The average Bonchev–Trinajstić information content (AvgIpc) is 3.26. The van der Waals surface area contributed by atoms with Gasteiger partial charge in [-0.2, -0.15) is 13.2 Å². The molecule has 0 spiro atoms. The first-order valence-electron chi connectivity index (χ1n) is 10.7. The Balaban J connectivity index is 1.75. The molecule has 0 fully saturated rings. The number of ether oxygens (including phenoxy) is 1. The van der Waals surface area contributed by atoms with Gasteiger partial charge in [-0.1, -0.05) is 19.9 Å². The van der Waals surface area contributed by atoms with E-state index in [1.165, 1.54) is 30.3 Å². The second kappa shape index (κ2) is 10.1. The zero-order chi connectivity index (χ0) is 26.0. The van der Waals surface area contributed by atoms with Crippen molar-refractivity contribution >= 4 is 29.3 Å². The molecule has 4 rings (SSSR count). The first-order valence-corrected chi connectivity index (χ1v) is 11.6. The SMILES string of the molecule is CC(C)COc1cc(F)cc(-c2ccc(C(=O)NSc3cccc(N)n3)c3nc(C(F)(F)F)cn23)c1. The van der Waals surface area contributed by atoms with Gasteiger partial charge in [-0.3, -0.25) is 13.9 Å². The van der Waals surface area contributed by atoms with Gasteiger partial charge in [-0.05, 0) is 42.3 Å². The van der Waals surface area contributed by atoms with E-state index >= 15 is 0 Å². The summed E-state index contributed by atoms with van der Waals surface area (Å²) < 4.78 is 64.2. The number of nitrogen functional groups attached to an aromatic ring is 1. The summed E-state index contributed by atoms with van der Waals surface area (Å²) in [5, 5.41) is 0.393. The van der Waals surface area contributed by atoms with Crippen LogP contribution < -0.4 is 15.2 Å². The van der Waals surface area contributed by atoms with Gasteiger partial charge < -0.3 is 10.5 Å². The fraction of sp³-hybridized carbons (Fsp3) is 0.208. The molecule has 0 saturated heterocycles. The van der Waals surface area contributed by atoms with E-state index in [4.69, 9.17) is 10.5 Å². The zero-order valence-electron chi connectivity index (χ0n) is 19.1. The largest absolute Gasteiger partial charge is 0.493 e. The second-order valence-corrected chi connectivity index (χ2v) is 9.09. The molecule has 0 unspecified atom stereocenters. The molecule has 3 heterocycles. The number of pyridine rings is 2. The predicted octanol–water partition coefficient (Wildman–Crippen LogP) is 5.61. The standard InChI is InChI=1S/C24H21F4N5O2S/c1-13(2)12-35-16-9-14(8-15(25)10-16)18-7-6-17(22-30-19(11-33(18)22)24(26,27)28)23(34)32-36-21-5-3-4-20(29)31-21/h3-11,13H,12H2,1-2H3,(H2,29,31)(H,32,34). The van der Waals surface area contributed by atoms with E-state index in [9.17, 15) is 22.4 Å². The van der Waals surface area contributed by atoms with Crippen LogP contribution in [-0.2, 0) is 6.18 Å². The molecular formula is C24H21F4N5O2S. The van der Waals surface area contributed by atoms with Crippen molar-refractivity contribution in [3.63, 3.8) is 0 Å². The Morgan fingerprint density at radius 3 is 2.64 bits per heavy atom. The number of hydrogen-bond acceptors (Lipinski definition) is 6. The smallest absolute Gasteiger partial charge is 0.434 e. The van der Waals surface area contributed by atoms with Gasteiger partial charge in [-0.15, -0.1) is 0 Å². The van der Waals surface area contributed by atoms with Crippen LogP contribution in [-0.4, -0.2) is 26.9 Å². The number of anilines is 1. The number of halogens is 4. The third-order valence-corrected chi connectivity index (χ3v) is 5.62. The van der Waals surface area contributed by atoms with Crippen LogP contribution >= 0.6 is 11.9 Å². The van der Waals surface area contributed by atoms with Crippen molar-refractivity contribution in [2.75, 3.05) is 12.3 Å². The summed E-state index contributed by atoms with van der Waals surface area (Å²) in [6.45, 7) is 4.19. The van der Waals surface area contributed by atoms with Gasteiger partial charge in [0.1, 0.15) is 22.4 Å². The minimum Gasteiger partial charge on any atom is -0.493 e. The number of imidazole rings is 1. The first kappa shape index (κ1) is 25.3. The summed E-state index contributed by atoms with van der Waals surface area (Å²) in [6.07, 6.45) is -3.99. The minimum atomic E-state index is -4.76. The van der Waals surface area contributed by atoms with Crippen molar-refractivity contribution in [2.24, 2.45) is 5.92 Å². The molecule has 3 aromatic heterocycles.